The van der Waals surface area contributed by atoms with Gasteiger partial charge in [-0.2, -0.15) is 0 Å². The Kier molecular flexibility index (Phi) is 1.12. The first-order valence-electron chi connectivity index (χ1n) is 2.49. The van der Waals surface area contributed by atoms with Crippen LogP contribution in [-0.2, 0) is 4.79 Å². The monoisotopic (exact) mass is 131 g/mol. The average molecular weight is 131 g/mol. The zero-order valence-corrected chi connectivity index (χ0v) is 4.48. The van der Waals surface area contributed by atoms with E-state index < -0.39 is 22.9 Å². The van der Waals surface area contributed by atoms with E-state index in [9.17, 15) is 14.9 Å². The van der Waals surface area contributed by atoms with Crippen LogP contribution in [0.5, 0.6) is 0 Å². The fraction of sp³-hybridized carbons (Fsp3) is 0.750. The van der Waals surface area contributed by atoms with E-state index in [2.05, 4.69) is 0 Å². The quantitative estimate of drug-likeness (QED) is 0.413. The molecular formula is C4H5NO4. The Hall–Kier alpha value is -1.13. The number of hydrogen-bond acceptors (Lipinski definition) is 3. The molecule has 0 spiro atoms. The fourth-order valence-corrected chi connectivity index (χ4v) is 0.680. The van der Waals surface area contributed by atoms with E-state index in [-0.39, 0.29) is 6.42 Å². The number of carboxylic acid groups (broad SMARTS) is 1. The maximum absolute atomic E-state index is 9.97. The lowest BCUT2D eigenvalue weighted by atomic mass is 10.4. The van der Waals surface area contributed by atoms with Gasteiger partial charge in [0.2, 0.25) is 6.04 Å². The highest BCUT2D eigenvalue weighted by Crippen LogP contribution is 2.32. The third-order valence-corrected chi connectivity index (χ3v) is 1.34. The highest BCUT2D eigenvalue weighted by atomic mass is 16.6. The van der Waals surface area contributed by atoms with Crippen LogP contribution >= 0.6 is 0 Å². The summed E-state index contributed by atoms with van der Waals surface area (Å²) >= 11 is 0. The van der Waals surface area contributed by atoms with Gasteiger partial charge in [0, 0.05) is 11.3 Å². The van der Waals surface area contributed by atoms with Crippen molar-refractivity contribution >= 4 is 5.97 Å². The lowest BCUT2D eigenvalue weighted by Gasteiger charge is -1.83. The van der Waals surface area contributed by atoms with Gasteiger partial charge < -0.3 is 5.11 Å². The molecule has 0 aliphatic heterocycles. The van der Waals surface area contributed by atoms with Gasteiger partial charge in [-0.25, -0.2) is 0 Å². The van der Waals surface area contributed by atoms with Crippen LogP contribution < -0.4 is 0 Å². The molecule has 9 heavy (non-hydrogen) atoms. The molecule has 0 aromatic carbocycles. The van der Waals surface area contributed by atoms with Crippen molar-refractivity contribution in [2.24, 2.45) is 5.92 Å². The lowest BCUT2D eigenvalue weighted by Crippen LogP contribution is -2.09. The summed E-state index contributed by atoms with van der Waals surface area (Å²) in [7, 11) is 0. The van der Waals surface area contributed by atoms with E-state index in [1.165, 1.54) is 0 Å². The summed E-state index contributed by atoms with van der Waals surface area (Å²) in [6.45, 7) is 0. The Morgan fingerprint density at radius 2 is 2.33 bits per heavy atom. The molecule has 1 aliphatic carbocycles. The van der Waals surface area contributed by atoms with Gasteiger partial charge in [0.05, 0.1) is 0 Å². The van der Waals surface area contributed by atoms with Crippen LogP contribution in [-0.4, -0.2) is 22.0 Å². The SMILES string of the molecule is O=C(O)[C@@H]1C[C@@H]1[N+](=O)[O-]. The Morgan fingerprint density at radius 1 is 1.78 bits per heavy atom. The maximum atomic E-state index is 9.97. The van der Waals surface area contributed by atoms with Crippen molar-refractivity contribution in [1.29, 1.82) is 0 Å². The van der Waals surface area contributed by atoms with E-state index in [1.807, 2.05) is 0 Å². The molecule has 0 aromatic rings. The van der Waals surface area contributed by atoms with Crippen molar-refractivity contribution in [3.05, 3.63) is 10.1 Å². The molecular weight excluding hydrogens is 126 g/mol. The molecule has 1 fully saturated rings. The topological polar surface area (TPSA) is 80.4 Å². The predicted octanol–water partition coefficient (Wildman–Crippen LogP) is -0.264. The fourth-order valence-electron chi connectivity index (χ4n) is 0.680. The third kappa shape index (κ3) is 0.984. The van der Waals surface area contributed by atoms with Crippen LogP contribution in [0.2, 0.25) is 0 Å². The second-order valence-electron chi connectivity index (χ2n) is 2.03. The van der Waals surface area contributed by atoms with Gasteiger partial charge in [0.1, 0.15) is 5.92 Å². The summed E-state index contributed by atoms with van der Waals surface area (Å²) in [5.74, 6) is -1.78. The second-order valence-corrected chi connectivity index (χ2v) is 2.03. The number of aliphatic carboxylic acids is 1. The van der Waals surface area contributed by atoms with Crippen molar-refractivity contribution in [3.63, 3.8) is 0 Å². The Labute approximate surface area is 50.4 Å². The van der Waals surface area contributed by atoms with Gasteiger partial charge in [-0.05, 0) is 0 Å². The van der Waals surface area contributed by atoms with Gasteiger partial charge in [0.25, 0.3) is 0 Å². The summed E-state index contributed by atoms with van der Waals surface area (Å²) < 4.78 is 0. The molecule has 0 saturated heterocycles. The Balaban J connectivity index is 2.42. The number of nitrogens with zero attached hydrogens (tertiary/aromatic N) is 1. The van der Waals surface area contributed by atoms with E-state index in [4.69, 9.17) is 5.11 Å². The molecule has 50 valence electrons. The lowest BCUT2D eigenvalue weighted by molar-refractivity contribution is -0.497. The van der Waals surface area contributed by atoms with Crippen molar-refractivity contribution in [2.75, 3.05) is 0 Å². The molecule has 1 rings (SSSR count). The first-order valence-corrected chi connectivity index (χ1v) is 2.49. The predicted molar refractivity (Wildman–Crippen MR) is 26.5 cm³/mol. The smallest absolute Gasteiger partial charge is 0.313 e. The van der Waals surface area contributed by atoms with Gasteiger partial charge in [-0.3, -0.25) is 14.9 Å². The number of nitro groups is 1. The van der Waals surface area contributed by atoms with Crippen molar-refractivity contribution in [1.82, 2.24) is 0 Å². The molecule has 0 aromatic heterocycles. The summed E-state index contributed by atoms with van der Waals surface area (Å²) in [6, 6.07) is -0.817. The largest absolute Gasteiger partial charge is 0.481 e. The van der Waals surface area contributed by atoms with Crippen LogP contribution in [0.15, 0.2) is 0 Å². The second kappa shape index (κ2) is 1.68. The van der Waals surface area contributed by atoms with Gasteiger partial charge in [-0.1, -0.05) is 0 Å². The standard InChI is InChI=1S/C4H5NO4/c6-4(7)2-1-3(2)5(8)9/h2-3H,1H2,(H,6,7)/t2-,3+/m1/s1. The number of carboxylic acids is 1. The van der Waals surface area contributed by atoms with Crippen LogP contribution in [0.3, 0.4) is 0 Å². The van der Waals surface area contributed by atoms with Gasteiger partial charge in [0.15, 0.2) is 0 Å². The molecule has 1 aliphatic rings. The first kappa shape index (κ1) is 6.00. The van der Waals surface area contributed by atoms with E-state index in [0.717, 1.165) is 0 Å². The summed E-state index contributed by atoms with van der Waals surface area (Å²) in [5, 5.41) is 18.0. The molecule has 1 N–H and O–H groups in total. The molecule has 1 saturated carbocycles. The molecule has 0 amide bonds. The van der Waals surface area contributed by atoms with Crippen LogP contribution in [0, 0.1) is 16.0 Å². The Bertz CT molecular complexity index is 148. The molecule has 0 heterocycles. The maximum Gasteiger partial charge on any atom is 0.313 e. The highest BCUT2D eigenvalue weighted by molar-refractivity contribution is 5.73. The van der Waals surface area contributed by atoms with Crippen molar-refractivity contribution < 1.29 is 14.8 Å². The third-order valence-electron chi connectivity index (χ3n) is 1.34. The van der Waals surface area contributed by atoms with E-state index in [0.29, 0.717) is 0 Å². The normalized spacial score (nSPS) is 31.6. The molecule has 0 unspecified atom stereocenters. The van der Waals surface area contributed by atoms with E-state index >= 15 is 0 Å². The van der Waals surface area contributed by atoms with Gasteiger partial charge >= 0.3 is 5.97 Å². The molecule has 5 heteroatoms. The minimum absolute atomic E-state index is 0.197. The minimum atomic E-state index is -1.06. The summed E-state index contributed by atoms with van der Waals surface area (Å²) in [5.41, 5.74) is 0. The zero-order chi connectivity index (χ0) is 7.02. The average Bonchev–Trinajstić information content (AvgIpc) is 2.39. The van der Waals surface area contributed by atoms with Crippen LogP contribution in [0.1, 0.15) is 6.42 Å². The zero-order valence-electron chi connectivity index (χ0n) is 4.48. The van der Waals surface area contributed by atoms with Crippen molar-refractivity contribution in [3.8, 4) is 0 Å². The summed E-state index contributed by atoms with van der Waals surface area (Å²) in [4.78, 5) is 19.2. The first-order chi connectivity index (χ1) is 4.13. The molecule has 5 nitrogen and oxygen atoms in total. The van der Waals surface area contributed by atoms with Crippen molar-refractivity contribution in [2.45, 2.75) is 12.5 Å². The van der Waals surface area contributed by atoms with E-state index in [1.54, 1.807) is 0 Å². The minimum Gasteiger partial charge on any atom is -0.481 e. The van der Waals surface area contributed by atoms with Crippen LogP contribution in [0.4, 0.5) is 0 Å². The number of hydrogen-bond donors (Lipinski definition) is 1. The molecule has 0 radical (unpaired) electrons. The van der Waals surface area contributed by atoms with Gasteiger partial charge in [-0.15, -0.1) is 0 Å². The summed E-state index contributed by atoms with van der Waals surface area (Å²) in [6.07, 6.45) is 0.197. The number of rotatable bonds is 2. The Morgan fingerprint density at radius 3 is 2.44 bits per heavy atom. The molecule has 2 atom stereocenters. The molecule has 0 bridgehead atoms. The van der Waals surface area contributed by atoms with Crippen LogP contribution in [0.25, 0.3) is 0 Å². The highest BCUT2D eigenvalue weighted by Gasteiger charge is 2.53. The number of carbonyl (C=O) groups is 1.